The number of nitrogens with two attached hydrogens (primary N) is 1. The van der Waals surface area contributed by atoms with Gasteiger partial charge in [-0.2, -0.15) is 0 Å². The number of hydrogen-bond acceptors (Lipinski definition) is 16. The Labute approximate surface area is 306 Å². The minimum Gasteiger partial charge on any atom is -0.543 e. The van der Waals surface area contributed by atoms with Gasteiger partial charge in [0.05, 0.1) is 11.7 Å². The molecule has 0 aliphatic carbocycles. The normalized spacial score (nSPS) is 20.9. The summed E-state index contributed by atoms with van der Waals surface area (Å²) in [5.74, 6) is -1.72. The first-order valence-electron chi connectivity index (χ1n) is 13.9. The number of nitrogen functional groups attached to an aromatic ring is 1. The number of urea groups is 1. The van der Waals surface area contributed by atoms with Crippen molar-refractivity contribution in [3.05, 3.63) is 35.0 Å². The van der Waals surface area contributed by atoms with Gasteiger partial charge in [-0.15, -0.1) is 16.6 Å². The van der Waals surface area contributed by atoms with Gasteiger partial charge in [-0.1, -0.05) is 22.9 Å². The fourth-order valence-corrected chi connectivity index (χ4v) is 7.55. The number of aromatic nitrogens is 4. The van der Waals surface area contributed by atoms with Crippen molar-refractivity contribution in [1.29, 1.82) is 0 Å². The van der Waals surface area contributed by atoms with Crippen LogP contribution < -0.4 is 56.5 Å². The smallest absolute Gasteiger partial charge is 0.543 e. The quantitative estimate of drug-likeness (QED) is 0.0183. The van der Waals surface area contributed by atoms with Crippen LogP contribution in [0.3, 0.4) is 0 Å². The second kappa shape index (κ2) is 14.9. The third-order valence-corrected chi connectivity index (χ3v) is 10.0. The van der Waals surface area contributed by atoms with E-state index >= 15 is 0 Å². The molecule has 0 radical (unpaired) electrons. The zero-order chi connectivity index (χ0) is 34.9. The van der Waals surface area contributed by atoms with Crippen molar-refractivity contribution in [3.8, 4) is 11.5 Å². The molecule has 254 valence electrons. The monoisotopic (exact) mass is 727 g/mol. The van der Waals surface area contributed by atoms with Crippen LogP contribution in [0.1, 0.15) is 18.5 Å². The number of aliphatic carboxylic acids is 1. The van der Waals surface area contributed by atoms with E-state index in [4.69, 9.17) is 5.84 Å². The molecule has 7 N–H and O–H groups in total. The summed E-state index contributed by atoms with van der Waals surface area (Å²) in [4.78, 5) is 93.4. The summed E-state index contributed by atoms with van der Waals surface area (Å²) in [5.41, 5.74) is -2.64. The molecule has 0 spiro atoms. The number of amides is 7. The molecule has 2 aromatic rings. The molecule has 1 unspecified atom stereocenters. The van der Waals surface area contributed by atoms with Gasteiger partial charge in [-0.3, -0.25) is 33.8 Å². The minimum atomic E-state index is -2.23. The maximum absolute atomic E-state index is 13.9. The van der Waals surface area contributed by atoms with E-state index in [2.05, 4.69) is 31.5 Å². The molecule has 3 atom stereocenters. The zero-order valence-corrected chi connectivity index (χ0v) is 29.3. The molecule has 49 heavy (non-hydrogen) atoms. The molecular formula is C25H26N11NaO10S2. The van der Waals surface area contributed by atoms with Gasteiger partial charge in [0.25, 0.3) is 5.91 Å². The Hall–Kier alpha value is -4.58. The van der Waals surface area contributed by atoms with Crippen LogP contribution >= 0.6 is 23.5 Å². The molecule has 24 heteroatoms. The SMILES string of the molecule is CCN1CCN(C(=O)NC(C(=O)N[C@]2(NC=O)C(=O)N3C(C(=O)[O-])=C(CSc4nnnn4N)CS[C@@H]32)c2ccc(O)c(O)c2)C(=O)C1=O.[Na+]. The Kier molecular flexibility index (Phi) is 11.3. The van der Waals surface area contributed by atoms with Gasteiger partial charge < -0.3 is 46.8 Å². The fraction of sp³-hybridized carbons (Fsp3) is 0.360. The van der Waals surface area contributed by atoms with Gasteiger partial charge in [0, 0.05) is 31.1 Å². The molecule has 3 aliphatic rings. The Bertz CT molecular complexity index is 1760. The van der Waals surface area contributed by atoms with E-state index in [1.54, 1.807) is 6.92 Å². The van der Waals surface area contributed by atoms with Gasteiger partial charge in [0.2, 0.25) is 23.1 Å². The Morgan fingerprint density at radius 3 is 2.55 bits per heavy atom. The number of imide groups is 1. The number of phenolic OH excluding ortho intramolecular Hbond substituents is 2. The van der Waals surface area contributed by atoms with E-state index in [-0.39, 0.29) is 83.4 Å². The Morgan fingerprint density at radius 1 is 1.20 bits per heavy atom. The number of carbonyl (C=O) groups excluding carboxylic acids is 7. The van der Waals surface area contributed by atoms with Crippen molar-refractivity contribution < 1.29 is 78.4 Å². The summed E-state index contributed by atoms with van der Waals surface area (Å²) in [6.45, 7) is 1.69. The van der Waals surface area contributed by atoms with E-state index in [9.17, 15) is 48.9 Å². The standard InChI is InChI=1S/C25H27N11O10S2.Na/c1-2-33-5-6-34(19(42)18(33)41)23(46)28-15(11-3-4-13(38)14(39)7-11)17(40)29-25(27-10-37)21(45)35-16(20(43)44)12(8-47-22(25)35)9-48-24-30-31-32-36(24)26;/h3-4,7,10,15,22,38-39H,2,5-6,8-9,26H2,1H3,(H,27,37)(H,28,46)(H,29,40)(H,43,44);/q;+1/p-1/t15?,22-,25-;/m1./s1. The number of thioether (sulfide) groups is 2. The zero-order valence-electron chi connectivity index (χ0n) is 25.7. The van der Waals surface area contributed by atoms with Crippen LogP contribution in [0.25, 0.3) is 0 Å². The van der Waals surface area contributed by atoms with Crippen LogP contribution in [0.15, 0.2) is 34.6 Å². The maximum Gasteiger partial charge on any atom is 1.00 e. The number of carboxylic acid groups (broad SMARTS) is 1. The van der Waals surface area contributed by atoms with Gasteiger partial charge in [0.15, 0.2) is 11.5 Å². The van der Waals surface area contributed by atoms with E-state index < -0.39 is 69.9 Å². The molecule has 1 aromatic heterocycles. The summed E-state index contributed by atoms with van der Waals surface area (Å²) in [6, 6.07) is 0.144. The average molecular weight is 728 g/mol. The van der Waals surface area contributed by atoms with Gasteiger partial charge in [-0.25, -0.2) is 4.79 Å². The van der Waals surface area contributed by atoms with Crippen molar-refractivity contribution in [3.63, 3.8) is 0 Å². The minimum absolute atomic E-state index is 0. The molecule has 1 aromatic carbocycles. The van der Waals surface area contributed by atoms with Crippen molar-refractivity contribution in [1.82, 2.24) is 51.0 Å². The van der Waals surface area contributed by atoms with E-state index in [1.165, 1.54) is 4.90 Å². The number of hydrogen-bond donors (Lipinski definition) is 6. The van der Waals surface area contributed by atoms with Crippen LogP contribution in [-0.2, 0) is 28.8 Å². The number of piperazine rings is 1. The first-order chi connectivity index (χ1) is 22.8. The number of carbonyl (C=O) groups is 7. The van der Waals surface area contributed by atoms with Gasteiger partial charge >= 0.3 is 47.4 Å². The third-order valence-electron chi connectivity index (χ3n) is 7.59. The molecule has 0 bridgehead atoms. The van der Waals surface area contributed by atoms with Crippen molar-refractivity contribution in [2.75, 3.05) is 37.0 Å². The number of likely N-dealkylation sites (N-methyl/N-ethyl adjacent to an activating group) is 1. The number of fused-ring (bicyclic) bond motifs is 1. The van der Waals surface area contributed by atoms with Gasteiger partial charge in [-0.05, 0) is 40.6 Å². The first kappa shape index (κ1) is 37.2. The average Bonchev–Trinajstić information content (AvgIpc) is 3.48. The molecule has 3 aliphatic heterocycles. The first-order valence-corrected chi connectivity index (χ1v) is 15.9. The molecule has 21 nitrogen and oxygen atoms in total. The fourth-order valence-electron chi connectivity index (χ4n) is 5.19. The number of carboxylic acids is 1. The molecule has 7 amide bonds. The van der Waals surface area contributed by atoms with Crippen molar-refractivity contribution >= 4 is 65.6 Å². The van der Waals surface area contributed by atoms with Crippen LogP contribution in [0.2, 0.25) is 0 Å². The molecule has 2 fully saturated rings. The number of nitrogens with one attached hydrogen (secondary N) is 3. The van der Waals surface area contributed by atoms with Crippen LogP contribution in [0, 0.1) is 0 Å². The third kappa shape index (κ3) is 6.83. The van der Waals surface area contributed by atoms with Gasteiger partial charge in [0.1, 0.15) is 11.4 Å². The number of phenols is 2. The van der Waals surface area contributed by atoms with Crippen molar-refractivity contribution in [2.24, 2.45) is 0 Å². The number of tetrazole rings is 1. The summed E-state index contributed by atoms with van der Waals surface area (Å²) in [6.07, 6.45) is 0.113. The maximum atomic E-state index is 13.9. The van der Waals surface area contributed by atoms with Crippen LogP contribution in [0.5, 0.6) is 11.5 Å². The largest absolute Gasteiger partial charge is 1.00 e. The number of nitrogens with zero attached hydrogens (tertiary/aromatic N) is 7. The molecule has 5 rings (SSSR count). The summed E-state index contributed by atoms with van der Waals surface area (Å²) < 4.78 is 0. The van der Waals surface area contributed by atoms with E-state index in [0.717, 1.165) is 51.4 Å². The number of rotatable bonds is 11. The molecule has 2 saturated heterocycles. The van der Waals surface area contributed by atoms with E-state index in [1.807, 2.05) is 0 Å². The molecular weight excluding hydrogens is 701 g/mol. The molecule has 0 saturated carbocycles. The summed E-state index contributed by atoms with van der Waals surface area (Å²) in [5, 5.41) is 48.6. The number of aromatic hydroxyl groups is 2. The Morgan fingerprint density at radius 2 is 1.94 bits per heavy atom. The number of β-lactam (4-membered cyclic amide) rings is 1. The van der Waals surface area contributed by atoms with Crippen LogP contribution in [0.4, 0.5) is 4.79 Å². The predicted molar refractivity (Wildman–Crippen MR) is 159 cm³/mol. The molecule has 4 heterocycles. The van der Waals surface area contributed by atoms with E-state index in [0.29, 0.717) is 4.90 Å². The second-order valence-electron chi connectivity index (χ2n) is 10.3. The second-order valence-corrected chi connectivity index (χ2v) is 12.3. The van der Waals surface area contributed by atoms with Crippen LogP contribution in [-0.4, -0.2) is 129 Å². The van der Waals surface area contributed by atoms with Crippen molar-refractivity contribution in [2.45, 2.75) is 29.2 Å². The number of benzene rings is 1. The topological polar surface area (TPSA) is 298 Å². The Balaban J connectivity index is 0.00000541. The summed E-state index contributed by atoms with van der Waals surface area (Å²) in [7, 11) is 0. The predicted octanol–water partition coefficient (Wildman–Crippen LogP) is -7.49. The summed E-state index contributed by atoms with van der Waals surface area (Å²) >= 11 is 1.97.